The molecule has 112 valence electrons. The Morgan fingerprint density at radius 2 is 1.62 bits per heavy atom. The van der Waals surface area contributed by atoms with Gasteiger partial charge in [0.2, 0.25) is 10.0 Å². The van der Waals surface area contributed by atoms with Gasteiger partial charge in [0.15, 0.2) is 5.82 Å². The molecular weight excluding hydrogens is 338 g/mol. The first-order chi connectivity index (χ1) is 9.77. The summed E-state index contributed by atoms with van der Waals surface area (Å²) in [6.07, 6.45) is 0. The molecule has 0 atom stereocenters. The van der Waals surface area contributed by atoms with Crippen LogP contribution in [0.25, 0.3) is 0 Å². The molecule has 0 saturated heterocycles. The van der Waals surface area contributed by atoms with Gasteiger partial charge in [0.1, 0.15) is 0 Å². The molecule has 8 heteroatoms. The Balaban J connectivity index is 2.19. The largest absolute Gasteiger partial charge is 0.399 e. The van der Waals surface area contributed by atoms with Gasteiger partial charge in [-0.1, -0.05) is 35.3 Å². The molecule has 0 unspecified atom stereocenters. The number of hydrogen-bond acceptors (Lipinski definition) is 3. The minimum atomic E-state index is -3.68. The van der Waals surface area contributed by atoms with Gasteiger partial charge >= 0.3 is 0 Å². The van der Waals surface area contributed by atoms with Gasteiger partial charge in [0.05, 0.1) is 21.5 Å². The van der Waals surface area contributed by atoms with Crippen molar-refractivity contribution in [1.29, 1.82) is 0 Å². The lowest BCUT2D eigenvalue weighted by Gasteiger charge is -2.09. The van der Waals surface area contributed by atoms with Crippen LogP contribution in [0.15, 0.2) is 36.4 Å². The summed E-state index contributed by atoms with van der Waals surface area (Å²) < 4.78 is 39.7. The van der Waals surface area contributed by atoms with Gasteiger partial charge in [-0.05, 0) is 29.8 Å². The van der Waals surface area contributed by atoms with Crippen LogP contribution in [0, 0.1) is 5.82 Å². The lowest BCUT2D eigenvalue weighted by Crippen LogP contribution is -2.15. The Bertz CT molecular complexity index is 741. The predicted octanol–water partition coefficient (Wildman–Crippen LogP) is 3.66. The Morgan fingerprint density at radius 3 is 2.14 bits per heavy atom. The summed E-state index contributed by atoms with van der Waals surface area (Å²) in [5, 5.41) is -0.514. The third kappa shape index (κ3) is 4.23. The van der Waals surface area contributed by atoms with Gasteiger partial charge in [-0.15, -0.1) is 0 Å². The third-order valence-electron chi connectivity index (χ3n) is 2.59. The lowest BCUT2D eigenvalue weighted by atomic mass is 10.2. The first-order valence-electron chi connectivity index (χ1n) is 5.76. The summed E-state index contributed by atoms with van der Waals surface area (Å²) >= 11 is 11.2. The highest BCUT2D eigenvalue weighted by Gasteiger charge is 2.14. The molecule has 0 aliphatic rings. The number of sulfonamides is 1. The smallest absolute Gasteiger partial charge is 0.236 e. The molecular formula is C13H11Cl2FN2O2S. The number of hydrogen-bond donors (Lipinski definition) is 2. The first-order valence-corrected chi connectivity index (χ1v) is 8.17. The van der Waals surface area contributed by atoms with Crippen molar-refractivity contribution in [2.75, 3.05) is 10.5 Å². The number of benzene rings is 2. The van der Waals surface area contributed by atoms with E-state index in [1.807, 2.05) is 0 Å². The minimum Gasteiger partial charge on any atom is -0.399 e. The molecule has 0 amide bonds. The number of halogens is 3. The highest BCUT2D eigenvalue weighted by molar-refractivity contribution is 7.91. The molecule has 2 aromatic carbocycles. The second kappa shape index (κ2) is 6.09. The molecule has 0 aliphatic heterocycles. The van der Waals surface area contributed by atoms with Crippen molar-refractivity contribution < 1.29 is 12.8 Å². The maximum atomic E-state index is 13.3. The topological polar surface area (TPSA) is 72.2 Å². The fraction of sp³-hybridized carbons (Fsp3) is 0.0769. The molecule has 0 aromatic heterocycles. The summed E-state index contributed by atoms with van der Waals surface area (Å²) in [5.74, 6) is -1.04. The van der Waals surface area contributed by atoms with Crippen LogP contribution in [0.4, 0.5) is 15.8 Å². The van der Waals surface area contributed by atoms with E-state index in [1.165, 1.54) is 0 Å². The second-order valence-corrected chi connectivity index (χ2v) is 6.89. The summed E-state index contributed by atoms with van der Waals surface area (Å²) in [5.41, 5.74) is 6.74. The number of rotatable bonds is 4. The van der Waals surface area contributed by atoms with Crippen molar-refractivity contribution in [2.45, 2.75) is 5.75 Å². The van der Waals surface area contributed by atoms with Gasteiger partial charge < -0.3 is 5.73 Å². The molecule has 0 spiro atoms. The lowest BCUT2D eigenvalue weighted by molar-refractivity contribution is 0.600. The average molecular weight is 349 g/mol. The normalized spacial score (nSPS) is 11.4. The highest BCUT2D eigenvalue weighted by Crippen LogP contribution is 2.28. The predicted molar refractivity (Wildman–Crippen MR) is 83.5 cm³/mol. The Morgan fingerprint density at radius 1 is 1.10 bits per heavy atom. The van der Waals surface area contributed by atoms with Gasteiger partial charge in [0, 0.05) is 5.69 Å². The quantitative estimate of drug-likeness (QED) is 0.654. The van der Waals surface area contributed by atoms with Crippen molar-refractivity contribution in [1.82, 2.24) is 0 Å². The molecule has 2 rings (SSSR count). The molecule has 21 heavy (non-hydrogen) atoms. The van der Waals surface area contributed by atoms with Crippen molar-refractivity contribution in [3.63, 3.8) is 0 Å². The molecule has 0 bridgehead atoms. The number of anilines is 2. The molecule has 4 nitrogen and oxygen atoms in total. The van der Waals surface area contributed by atoms with E-state index in [4.69, 9.17) is 28.9 Å². The zero-order valence-electron chi connectivity index (χ0n) is 10.6. The molecule has 0 fully saturated rings. The van der Waals surface area contributed by atoms with Crippen molar-refractivity contribution in [2.24, 2.45) is 0 Å². The van der Waals surface area contributed by atoms with E-state index in [-0.39, 0.29) is 21.5 Å². The van der Waals surface area contributed by atoms with Crippen LogP contribution in [-0.2, 0) is 15.8 Å². The van der Waals surface area contributed by atoms with Crippen LogP contribution in [-0.4, -0.2) is 8.42 Å². The SMILES string of the molecule is Nc1ccc(CS(=O)(=O)Nc2cc(Cl)c(F)c(Cl)c2)cc1. The fourth-order valence-electron chi connectivity index (χ4n) is 1.66. The first kappa shape index (κ1) is 15.9. The summed E-state index contributed by atoms with van der Waals surface area (Å²) in [4.78, 5) is 0. The minimum absolute atomic E-state index is 0.0989. The van der Waals surface area contributed by atoms with E-state index >= 15 is 0 Å². The maximum absolute atomic E-state index is 13.3. The van der Waals surface area contributed by atoms with Crippen molar-refractivity contribution in [3.8, 4) is 0 Å². The Labute approximate surface area is 131 Å². The molecule has 3 N–H and O–H groups in total. The average Bonchev–Trinajstić information content (AvgIpc) is 2.38. The standard InChI is InChI=1S/C13H11Cl2FN2O2S/c14-11-5-10(6-12(15)13(11)16)18-21(19,20)7-8-1-3-9(17)4-2-8/h1-6,18H,7,17H2. The summed E-state index contributed by atoms with van der Waals surface area (Å²) in [6, 6.07) is 8.75. The zero-order valence-corrected chi connectivity index (χ0v) is 12.9. The van der Waals surface area contributed by atoms with Crippen LogP contribution < -0.4 is 10.5 Å². The van der Waals surface area contributed by atoms with E-state index in [1.54, 1.807) is 24.3 Å². The van der Waals surface area contributed by atoms with Crippen LogP contribution in [0.5, 0.6) is 0 Å². The van der Waals surface area contributed by atoms with E-state index in [0.717, 1.165) is 12.1 Å². The number of nitrogens with two attached hydrogens (primary N) is 1. The molecule has 0 saturated carbocycles. The van der Waals surface area contributed by atoms with Gasteiger partial charge in [-0.25, -0.2) is 12.8 Å². The van der Waals surface area contributed by atoms with Crippen molar-refractivity contribution >= 4 is 44.6 Å². The van der Waals surface area contributed by atoms with Gasteiger partial charge in [-0.3, -0.25) is 4.72 Å². The highest BCUT2D eigenvalue weighted by atomic mass is 35.5. The fourth-order valence-corrected chi connectivity index (χ4v) is 3.33. The van der Waals surface area contributed by atoms with E-state index in [2.05, 4.69) is 4.72 Å². The van der Waals surface area contributed by atoms with Gasteiger partial charge in [0.25, 0.3) is 0 Å². The monoisotopic (exact) mass is 348 g/mol. The summed E-state index contributed by atoms with van der Waals surface area (Å²) in [6.45, 7) is 0. The summed E-state index contributed by atoms with van der Waals surface area (Å²) in [7, 11) is -3.68. The van der Waals surface area contributed by atoms with Gasteiger partial charge in [-0.2, -0.15) is 0 Å². The van der Waals surface area contributed by atoms with E-state index in [0.29, 0.717) is 11.3 Å². The van der Waals surface area contributed by atoms with Crippen molar-refractivity contribution in [3.05, 3.63) is 57.8 Å². The molecule has 2 aromatic rings. The van der Waals surface area contributed by atoms with E-state index < -0.39 is 15.8 Å². The second-order valence-electron chi connectivity index (χ2n) is 4.36. The maximum Gasteiger partial charge on any atom is 0.236 e. The molecule has 0 radical (unpaired) electrons. The Kier molecular flexibility index (Phi) is 4.61. The number of nitrogen functional groups attached to an aromatic ring is 1. The number of nitrogens with one attached hydrogen (secondary N) is 1. The van der Waals surface area contributed by atoms with Crippen LogP contribution >= 0.6 is 23.2 Å². The third-order valence-corrected chi connectivity index (χ3v) is 4.40. The Hall–Kier alpha value is -1.50. The molecule has 0 heterocycles. The van der Waals surface area contributed by atoms with Crippen LogP contribution in [0.3, 0.4) is 0 Å². The van der Waals surface area contributed by atoms with Crippen LogP contribution in [0.1, 0.15) is 5.56 Å². The van der Waals surface area contributed by atoms with Crippen LogP contribution in [0.2, 0.25) is 10.0 Å². The molecule has 0 aliphatic carbocycles. The zero-order chi connectivity index (χ0) is 15.6. The van der Waals surface area contributed by atoms with E-state index in [9.17, 15) is 12.8 Å².